The number of rotatable bonds is 8. The number of nitrogens with zero attached hydrogens (tertiary/aromatic N) is 1. The highest BCUT2D eigenvalue weighted by Gasteiger charge is 2.42. The summed E-state index contributed by atoms with van der Waals surface area (Å²) in [6.45, 7) is 4.94. The molecular formula is C22H28F3NO5. The lowest BCUT2D eigenvalue weighted by Gasteiger charge is -2.26. The number of cyclic esters (lactones) is 1. The van der Waals surface area contributed by atoms with Gasteiger partial charge in [-0.2, -0.15) is 13.2 Å². The van der Waals surface area contributed by atoms with Crippen molar-refractivity contribution in [3.8, 4) is 0 Å². The second kappa shape index (κ2) is 10.2. The van der Waals surface area contributed by atoms with Gasteiger partial charge in [0.15, 0.2) is 0 Å². The molecule has 1 aromatic carbocycles. The van der Waals surface area contributed by atoms with Gasteiger partial charge in [-0.1, -0.05) is 30.3 Å². The Kier molecular flexibility index (Phi) is 8.08. The first kappa shape index (κ1) is 24.7. The highest BCUT2D eigenvalue weighted by molar-refractivity contribution is 5.96. The zero-order valence-electron chi connectivity index (χ0n) is 17.9. The highest BCUT2D eigenvalue weighted by Crippen LogP contribution is 2.28. The molecule has 1 fully saturated rings. The van der Waals surface area contributed by atoms with Crippen LogP contribution in [0.5, 0.6) is 0 Å². The topological polar surface area (TPSA) is 72.9 Å². The predicted octanol–water partition coefficient (Wildman–Crippen LogP) is 4.66. The largest absolute Gasteiger partial charge is 0.460 e. The number of alkyl halides is 3. The summed E-state index contributed by atoms with van der Waals surface area (Å²) in [6.07, 6.45) is -6.90. The molecule has 2 atom stereocenters. The van der Waals surface area contributed by atoms with Crippen LogP contribution >= 0.6 is 0 Å². The first-order valence-electron chi connectivity index (χ1n) is 10.2. The van der Waals surface area contributed by atoms with Crippen molar-refractivity contribution in [2.75, 3.05) is 6.61 Å². The molecule has 0 N–H and O–H groups in total. The third-order valence-electron chi connectivity index (χ3n) is 4.71. The van der Waals surface area contributed by atoms with Crippen LogP contribution in [0, 0.1) is 5.92 Å². The molecule has 0 bridgehead atoms. The fraction of sp³-hybridized carbons (Fsp3) is 0.591. The molecule has 172 valence electrons. The Balaban J connectivity index is 2.15. The number of esters is 1. The average Bonchev–Trinajstić information content (AvgIpc) is 2.99. The minimum Gasteiger partial charge on any atom is -0.460 e. The lowest BCUT2D eigenvalue weighted by Crippen LogP contribution is -2.44. The van der Waals surface area contributed by atoms with Crippen LogP contribution in [-0.4, -0.2) is 47.3 Å². The zero-order chi connectivity index (χ0) is 23.2. The highest BCUT2D eigenvalue weighted by atomic mass is 19.4. The number of ether oxygens (including phenoxy) is 2. The summed E-state index contributed by atoms with van der Waals surface area (Å²) >= 11 is 0. The molecule has 1 saturated heterocycles. The van der Waals surface area contributed by atoms with E-state index in [1.165, 1.54) is 0 Å². The summed E-state index contributed by atoms with van der Waals surface area (Å²) in [4.78, 5) is 38.6. The maximum atomic E-state index is 13.1. The van der Waals surface area contributed by atoms with Crippen LogP contribution in [0.2, 0.25) is 0 Å². The van der Waals surface area contributed by atoms with Crippen molar-refractivity contribution in [3.63, 3.8) is 0 Å². The maximum absolute atomic E-state index is 13.1. The number of benzene rings is 1. The third kappa shape index (κ3) is 8.22. The fourth-order valence-corrected chi connectivity index (χ4v) is 3.41. The van der Waals surface area contributed by atoms with E-state index in [1.807, 2.05) is 30.3 Å². The summed E-state index contributed by atoms with van der Waals surface area (Å²) < 4.78 is 48.1. The monoisotopic (exact) mass is 443 g/mol. The number of halogens is 3. The predicted molar refractivity (Wildman–Crippen MR) is 106 cm³/mol. The van der Waals surface area contributed by atoms with Gasteiger partial charge in [0, 0.05) is 12.3 Å². The van der Waals surface area contributed by atoms with Crippen molar-refractivity contribution < 1.29 is 37.0 Å². The first-order chi connectivity index (χ1) is 14.4. The van der Waals surface area contributed by atoms with Crippen LogP contribution < -0.4 is 0 Å². The smallest absolute Gasteiger partial charge is 0.416 e. The molecule has 31 heavy (non-hydrogen) atoms. The number of amides is 2. The molecule has 1 aliphatic heterocycles. The summed E-state index contributed by atoms with van der Waals surface area (Å²) in [7, 11) is 0. The standard InChI is InChI=1S/C22H28F3NO5/c1-21(2,3)31-18(27)13-16(10-7-11-22(23,24)25)19(28)26-17(14-30-20(26)29)12-15-8-5-4-6-9-15/h4-6,8-9,16-17H,7,10-14H2,1-3H3. The van der Waals surface area contributed by atoms with Crippen LogP contribution in [0.4, 0.5) is 18.0 Å². The Morgan fingerprint density at radius 1 is 1.19 bits per heavy atom. The zero-order valence-corrected chi connectivity index (χ0v) is 17.9. The maximum Gasteiger partial charge on any atom is 0.416 e. The van der Waals surface area contributed by atoms with Gasteiger partial charge in [0.2, 0.25) is 5.91 Å². The van der Waals surface area contributed by atoms with Crippen molar-refractivity contribution in [3.05, 3.63) is 35.9 Å². The summed E-state index contributed by atoms with van der Waals surface area (Å²) in [5, 5.41) is 0. The Morgan fingerprint density at radius 2 is 1.84 bits per heavy atom. The minimum absolute atomic E-state index is 0.0127. The lowest BCUT2D eigenvalue weighted by molar-refractivity contribution is -0.158. The number of hydrogen-bond donors (Lipinski definition) is 0. The molecule has 9 heteroatoms. The molecule has 1 aliphatic rings. The van der Waals surface area contributed by atoms with Gasteiger partial charge in [-0.05, 0) is 45.6 Å². The van der Waals surface area contributed by atoms with Crippen LogP contribution in [-0.2, 0) is 25.5 Å². The molecule has 6 nitrogen and oxygen atoms in total. The van der Waals surface area contributed by atoms with Gasteiger partial charge in [-0.3, -0.25) is 9.59 Å². The van der Waals surface area contributed by atoms with E-state index in [-0.39, 0.29) is 19.4 Å². The second-order valence-corrected chi connectivity index (χ2v) is 8.62. The van der Waals surface area contributed by atoms with Crippen molar-refractivity contribution in [1.82, 2.24) is 4.90 Å². The van der Waals surface area contributed by atoms with E-state index in [9.17, 15) is 27.6 Å². The minimum atomic E-state index is -4.37. The van der Waals surface area contributed by atoms with E-state index in [0.717, 1.165) is 10.5 Å². The van der Waals surface area contributed by atoms with Crippen molar-refractivity contribution in [1.29, 1.82) is 0 Å². The summed E-state index contributed by atoms with van der Waals surface area (Å²) in [5.74, 6) is -2.53. The molecule has 2 rings (SSSR count). The van der Waals surface area contributed by atoms with Gasteiger partial charge in [-0.25, -0.2) is 9.69 Å². The molecule has 0 radical (unpaired) electrons. The Hall–Kier alpha value is -2.58. The molecule has 0 spiro atoms. The third-order valence-corrected chi connectivity index (χ3v) is 4.71. The van der Waals surface area contributed by atoms with Gasteiger partial charge < -0.3 is 9.47 Å². The lowest BCUT2D eigenvalue weighted by atomic mass is 9.95. The van der Waals surface area contributed by atoms with Gasteiger partial charge in [0.05, 0.1) is 12.5 Å². The molecule has 0 aliphatic carbocycles. The van der Waals surface area contributed by atoms with E-state index in [2.05, 4.69) is 0 Å². The second-order valence-electron chi connectivity index (χ2n) is 8.62. The molecular weight excluding hydrogens is 415 g/mol. The normalized spacial score (nSPS) is 17.9. The molecule has 2 amide bonds. The van der Waals surface area contributed by atoms with Crippen molar-refractivity contribution in [2.24, 2.45) is 5.92 Å². The fourth-order valence-electron chi connectivity index (χ4n) is 3.41. The molecule has 1 heterocycles. The first-order valence-corrected chi connectivity index (χ1v) is 10.2. The molecule has 1 aromatic rings. The molecule has 0 saturated carbocycles. The number of carbonyl (C=O) groups is 3. The Labute approximate surface area is 179 Å². The Bertz CT molecular complexity index is 774. The Morgan fingerprint density at radius 3 is 2.42 bits per heavy atom. The van der Waals surface area contributed by atoms with Crippen LogP contribution in [0.1, 0.15) is 52.0 Å². The quantitative estimate of drug-likeness (QED) is 0.547. The van der Waals surface area contributed by atoms with Gasteiger partial charge >= 0.3 is 18.2 Å². The van der Waals surface area contributed by atoms with E-state index >= 15 is 0 Å². The van der Waals surface area contributed by atoms with Crippen LogP contribution in [0.15, 0.2) is 30.3 Å². The van der Waals surface area contributed by atoms with Crippen LogP contribution in [0.3, 0.4) is 0 Å². The van der Waals surface area contributed by atoms with Crippen LogP contribution in [0.25, 0.3) is 0 Å². The summed E-state index contributed by atoms with van der Waals surface area (Å²) in [6, 6.07) is 8.56. The van der Waals surface area contributed by atoms with E-state index in [0.29, 0.717) is 6.42 Å². The molecule has 0 aromatic heterocycles. The van der Waals surface area contributed by atoms with Gasteiger partial charge in [0.25, 0.3) is 0 Å². The number of imide groups is 1. The van der Waals surface area contributed by atoms with Gasteiger partial charge in [-0.15, -0.1) is 0 Å². The van der Waals surface area contributed by atoms with Crippen molar-refractivity contribution in [2.45, 2.75) is 70.7 Å². The van der Waals surface area contributed by atoms with E-state index in [4.69, 9.17) is 9.47 Å². The SMILES string of the molecule is CC(C)(C)OC(=O)CC(CCCC(F)(F)F)C(=O)N1C(=O)OCC1Cc1ccccc1. The number of carbonyl (C=O) groups excluding carboxylic acids is 3. The van der Waals surface area contributed by atoms with Crippen molar-refractivity contribution >= 4 is 18.0 Å². The van der Waals surface area contributed by atoms with E-state index < -0.39 is 54.5 Å². The summed E-state index contributed by atoms with van der Waals surface area (Å²) in [5.41, 5.74) is 0.0726. The van der Waals surface area contributed by atoms with Gasteiger partial charge in [0.1, 0.15) is 12.2 Å². The molecule has 2 unspecified atom stereocenters. The average molecular weight is 443 g/mol. The van der Waals surface area contributed by atoms with E-state index in [1.54, 1.807) is 20.8 Å². The number of hydrogen-bond acceptors (Lipinski definition) is 5.